The van der Waals surface area contributed by atoms with Crippen molar-refractivity contribution in [1.29, 1.82) is 0 Å². The number of aromatic nitrogens is 2. The minimum atomic E-state index is -0.106. The summed E-state index contributed by atoms with van der Waals surface area (Å²) in [4.78, 5) is 17.1. The second-order valence-electron chi connectivity index (χ2n) is 4.06. The highest BCUT2D eigenvalue weighted by atomic mass is 16.6. The zero-order valence-corrected chi connectivity index (χ0v) is 10.6. The van der Waals surface area contributed by atoms with Crippen molar-refractivity contribution in [2.45, 2.75) is 13.8 Å². The SMILES string of the molecule is C/C(=N/Oc1ccccc1)c1c(C)[nH]n(C)c1=O. The molecule has 0 amide bonds. The number of para-hydroxylation sites is 1. The fraction of sp³-hybridized carbons (Fsp3) is 0.231. The monoisotopic (exact) mass is 245 g/mol. The van der Waals surface area contributed by atoms with Crippen LogP contribution >= 0.6 is 0 Å². The van der Waals surface area contributed by atoms with Crippen LogP contribution in [-0.2, 0) is 7.05 Å². The van der Waals surface area contributed by atoms with Gasteiger partial charge in [-0.05, 0) is 26.0 Å². The molecule has 0 radical (unpaired) electrons. The summed E-state index contributed by atoms with van der Waals surface area (Å²) in [5.41, 5.74) is 1.78. The standard InChI is InChI=1S/C13H15N3O2/c1-9-12(13(17)16(3)14-9)10(2)15-18-11-7-5-4-6-8-11/h4-8,14H,1-3H3/b15-10-. The summed E-state index contributed by atoms with van der Waals surface area (Å²) >= 11 is 0. The molecule has 0 aliphatic heterocycles. The van der Waals surface area contributed by atoms with Gasteiger partial charge in [0.1, 0.15) is 0 Å². The maximum atomic E-state index is 11.8. The number of aromatic amines is 1. The molecule has 0 saturated carbocycles. The van der Waals surface area contributed by atoms with E-state index >= 15 is 0 Å². The predicted octanol–water partition coefficient (Wildman–Crippen LogP) is 1.82. The van der Waals surface area contributed by atoms with Crippen LogP contribution in [0, 0.1) is 6.92 Å². The van der Waals surface area contributed by atoms with Gasteiger partial charge in [-0.15, -0.1) is 0 Å². The second kappa shape index (κ2) is 4.91. The summed E-state index contributed by atoms with van der Waals surface area (Å²) in [6, 6.07) is 9.23. The number of oxime groups is 1. The molecule has 94 valence electrons. The second-order valence-corrected chi connectivity index (χ2v) is 4.06. The maximum Gasteiger partial charge on any atom is 0.275 e. The van der Waals surface area contributed by atoms with Crippen LogP contribution in [0.4, 0.5) is 0 Å². The number of aryl methyl sites for hydroxylation is 2. The Bertz CT molecular complexity index is 623. The average Bonchev–Trinajstić information content (AvgIpc) is 2.62. The first-order valence-corrected chi connectivity index (χ1v) is 5.62. The van der Waals surface area contributed by atoms with E-state index in [1.807, 2.05) is 25.1 Å². The number of nitrogens with one attached hydrogen (secondary N) is 1. The van der Waals surface area contributed by atoms with Crippen LogP contribution in [0.15, 0.2) is 40.3 Å². The third kappa shape index (κ3) is 2.34. The van der Waals surface area contributed by atoms with Crippen molar-refractivity contribution in [3.8, 4) is 5.75 Å². The van der Waals surface area contributed by atoms with Gasteiger partial charge >= 0.3 is 0 Å². The summed E-state index contributed by atoms with van der Waals surface area (Å²) in [6.07, 6.45) is 0. The molecule has 18 heavy (non-hydrogen) atoms. The Kier molecular flexibility index (Phi) is 3.32. The lowest BCUT2D eigenvalue weighted by Gasteiger charge is -1.99. The van der Waals surface area contributed by atoms with Gasteiger partial charge in [-0.25, -0.2) is 0 Å². The van der Waals surface area contributed by atoms with E-state index in [9.17, 15) is 4.79 Å². The molecule has 1 heterocycles. The van der Waals surface area contributed by atoms with Gasteiger partial charge in [-0.2, -0.15) is 0 Å². The molecule has 0 spiro atoms. The van der Waals surface area contributed by atoms with Gasteiger partial charge in [0.2, 0.25) is 0 Å². The Morgan fingerprint density at radius 1 is 1.33 bits per heavy atom. The van der Waals surface area contributed by atoms with Crippen LogP contribution < -0.4 is 10.4 Å². The first-order valence-electron chi connectivity index (χ1n) is 5.62. The molecule has 0 atom stereocenters. The van der Waals surface area contributed by atoms with Gasteiger partial charge < -0.3 is 4.84 Å². The van der Waals surface area contributed by atoms with Crippen molar-refractivity contribution in [3.63, 3.8) is 0 Å². The van der Waals surface area contributed by atoms with E-state index in [1.165, 1.54) is 4.68 Å². The lowest BCUT2D eigenvalue weighted by atomic mass is 10.2. The molecule has 0 aliphatic carbocycles. The van der Waals surface area contributed by atoms with E-state index in [2.05, 4.69) is 10.3 Å². The first kappa shape index (κ1) is 12.2. The maximum absolute atomic E-state index is 11.8. The number of H-pyrrole nitrogens is 1. The quantitative estimate of drug-likeness (QED) is 0.662. The molecule has 1 aromatic carbocycles. The van der Waals surface area contributed by atoms with Gasteiger partial charge in [-0.1, -0.05) is 23.4 Å². The predicted molar refractivity (Wildman–Crippen MR) is 70.1 cm³/mol. The van der Waals surface area contributed by atoms with Crippen molar-refractivity contribution in [2.75, 3.05) is 0 Å². The molecule has 2 rings (SSSR count). The summed E-state index contributed by atoms with van der Waals surface area (Å²) in [6.45, 7) is 3.58. The molecule has 2 aromatic rings. The smallest absolute Gasteiger partial charge is 0.275 e. The fourth-order valence-electron chi connectivity index (χ4n) is 1.76. The Balaban J connectivity index is 2.26. The molecular weight excluding hydrogens is 230 g/mol. The largest absolute Gasteiger partial charge is 0.357 e. The molecule has 0 unspecified atom stereocenters. The zero-order valence-electron chi connectivity index (χ0n) is 10.6. The molecule has 5 heteroatoms. The van der Waals surface area contributed by atoms with Crippen LogP contribution in [-0.4, -0.2) is 15.5 Å². The van der Waals surface area contributed by atoms with Crippen LogP contribution in [0.3, 0.4) is 0 Å². The van der Waals surface area contributed by atoms with Crippen molar-refractivity contribution in [2.24, 2.45) is 12.2 Å². The van der Waals surface area contributed by atoms with Gasteiger partial charge in [0.15, 0.2) is 5.75 Å². The number of nitrogens with zero attached hydrogens (tertiary/aromatic N) is 2. The first-order chi connectivity index (χ1) is 8.59. The van der Waals surface area contributed by atoms with Gasteiger partial charge in [0.05, 0.1) is 11.3 Å². The lowest BCUT2D eigenvalue weighted by molar-refractivity contribution is 0.341. The van der Waals surface area contributed by atoms with Crippen LogP contribution in [0.5, 0.6) is 5.75 Å². The van der Waals surface area contributed by atoms with Crippen molar-refractivity contribution in [3.05, 3.63) is 51.9 Å². The van der Waals surface area contributed by atoms with Crippen molar-refractivity contribution < 1.29 is 4.84 Å². The minimum Gasteiger partial charge on any atom is -0.357 e. The fourth-order valence-corrected chi connectivity index (χ4v) is 1.76. The van der Waals surface area contributed by atoms with Crippen LogP contribution in [0.1, 0.15) is 18.2 Å². The van der Waals surface area contributed by atoms with Crippen LogP contribution in [0.25, 0.3) is 0 Å². The molecular formula is C13H15N3O2. The van der Waals surface area contributed by atoms with E-state index in [4.69, 9.17) is 4.84 Å². The third-order valence-electron chi connectivity index (χ3n) is 2.62. The average molecular weight is 245 g/mol. The van der Waals surface area contributed by atoms with E-state index in [1.54, 1.807) is 26.1 Å². The lowest BCUT2D eigenvalue weighted by Crippen LogP contribution is -2.18. The highest BCUT2D eigenvalue weighted by molar-refractivity contribution is 5.99. The van der Waals surface area contributed by atoms with E-state index in [0.29, 0.717) is 17.0 Å². The molecule has 5 nitrogen and oxygen atoms in total. The van der Waals surface area contributed by atoms with Crippen molar-refractivity contribution in [1.82, 2.24) is 9.78 Å². The summed E-state index contributed by atoms with van der Waals surface area (Å²) in [5, 5.41) is 6.91. The highest BCUT2D eigenvalue weighted by Crippen LogP contribution is 2.09. The van der Waals surface area contributed by atoms with Gasteiger partial charge in [0, 0.05) is 12.7 Å². The Morgan fingerprint density at radius 2 is 2.00 bits per heavy atom. The molecule has 0 fully saturated rings. The van der Waals surface area contributed by atoms with Gasteiger partial charge in [0.25, 0.3) is 5.56 Å². The summed E-state index contributed by atoms with van der Waals surface area (Å²) in [7, 11) is 1.67. The molecule has 0 aliphatic rings. The van der Waals surface area contributed by atoms with Crippen molar-refractivity contribution >= 4 is 5.71 Å². The Morgan fingerprint density at radius 3 is 2.56 bits per heavy atom. The summed E-state index contributed by atoms with van der Waals surface area (Å²) in [5.74, 6) is 0.641. The molecule has 0 saturated heterocycles. The Hall–Kier alpha value is -2.30. The molecule has 0 bridgehead atoms. The number of hydrogen-bond acceptors (Lipinski definition) is 3. The third-order valence-corrected chi connectivity index (χ3v) is 2.62. The topological polar surface area (TPSA) is 59.4 Å². The number of hydrogen-bond donors (Lipinski definition) is 1. The van der Waals surface area contributed by atoms with Gasteiger partial charge in [-0.3, -0.25) is 14.6 Å². The zero-order chi connectivity index (χ0) is 13.1. The van der Waals surface area contributed by atoms with Crippen LogP contribution in [0.2, 0.25) is 0 Å². The summed E-state index contributed by atoms with van der Waals surface area (Å²) < 4.78 is 1.42. The van der Waals surface area contributed by atoms with E-state index < -0.39 is 0 Å². The number of benzene rings is 1. The van der Waals surface area contributed by atoms with E-state index in [0.717, 1.165) is 5.69 Å². The minimum absolute atomic E-state index is 0.106. The highest BCUT2D eigenvalue weighted by Gasteiger charge is 2.12. The van der Waals surface area contributed by atoms with E-state index in [-0.39, 0.29) is 5.56 Å². The number of rotatable bonds is 3. The molecule has 1 N–H and O–H groups in total. The molecule has 1 aromatic heterocycles. The Labute approximate surface area is 105 Å². The normalized spacial score (nSPS) is 11.6.